The van der Waals surface area contributed by atoms with Gasteiger partial charge in [0.15, 0.2) is 0 Å². The number of anilines is 1. The quantitative estimate of drug-likeness (QED) is 0.0937. The van der Waals surface area contributed by atoms with Gasteiger partial charge in [0, 0.05) is 29.1 Å². The lowest BCUT2D eigenvalue weighted by atomic mass is 9.73. The van der Waals surface area contributed by atoms with Crippen LogP contribution in [0.25, 0.3) is 0 Å². The summed E-state index contributed by atoms with van der Waals surface area (Å²) in [6.07, 6.45) is 12.0. The number of carbonyl (C=O) groups excluding carboxylic acids is 1. The van der Waals surface area contributed by atoms with E-state index in [-0.39, 0.29) is 17.0 Å². The Hall–Kier alpha value is -1.94. The first-order valence-electron chi connectivity index (χ1n) is 19.6. The maximum Gasteiger partial charge on any atom is 0.234 e. The van der Waals surface area contributed by atoms with Crippen LogP contribution in [0.1, 0.15) is 114 Å². The van der Waals surface area contributed by atoms with Gasteiger partial charge in [0.1, 0.15) is 0 Å². The second-order valence-electron chi connectivity index (χ2n) is 15.7. The highest BCUT2D eigenvalue weighted by Gasteiger charge is 2.37. The molecule has 288 valence electrons. The molecule has 0 saturated carbocycles. The minimum absolute atomic E-state index is 0.0241. The molecule has 0 aromatic heterocycles. The van der Waals surface area contributed by atoms with Gasteiger partial charge in [0.2, 0.25) is 5.91 Å². The molecule has 1 fully saturated rings. The summed E-state index contributed by atoms with van der Waals surface area (Å²) < 4.78 is 22.5. The molecule has 1 amide bonds. The molecular weight excluding hydrogens is 657 g/mol. The van der Waals surface area contributed by atoms with Crippen LogP contribution in [0.3, 0.4) is 0 Å². The molecule has 0 unspecified atom stereocenters. The van der Waals surface area contributed by atoms with Gasteiger partial charge in [-0.2, -0.15) is 0 Å². The summed E-state index contributed by atoms with van der Waals surface area (Å²) in [4.78, 5) is 12.9. The van der Waals surface area contributed by atoms with E-state index in [1.54, 1.807) is 11.8 Å². The minimum Gasteiger partial charge on any atom is -0.379 e. The van der Waals surface area contributed by atoms with E-state index in [0.717, 1.165) is 48.4 Å². The van der Waals surface area contributed by atoms with Crippen molar-refractivity contribution in [2.45, 2.75) is 124 Å². The lowest BCUT2D eigenvalue weighted by Gasteiger charge is -2.46. The smallest absolute Gasteiger partial charge is 0.234 e. The Kier molecular flexibility index (Phi) is 20.2. The molecule has 0 bridgehead atoms. The third-order valence-electron chi connectivity index (χ3n) is 9.70. The lowest BCUT2D eigenvalue weighted by Crippen LogP contribution is -2.58. The van der Waals surface area contributed by atoms with Gasteiger partial charge < -0.3 is 29.6 Å². The Labute approximate surface area is 315 Å². The van der Waals surface area contributed by atoms with E-state index in [1.807, 2.05) is 0 Å². The molecule has 1 heterocycles. The summed E-state index contributed by atoms with van der Waals surface area (Å²) in [5, 5.41) is 7.04. The summed E-state index contributed by atoms with van der Waals surface area (Å²) in [7, 11) is 0. The van der Waals surface area contributed by atoms with Gasteiger partial charge in [-0.25, -0.2) is 0 Å². The summed E-state index contributed by atoms with van der Waals surface area (Å²) in [6, 6.07) is 13.3. The Morgan fingerprint density at radius 2 is 1.31 bits per heavy atom. The Balaban J connectivity index is 1.29. The van der Waals surface area contributed by atoms with Crippen molar-refractivity contribution in [3.8, 4) is 0 Å². The van der Waals surface area contributed by atoms with Crippen LogP contribution >= 0.6 is 11.8 Å². The molecule has 0 atom stereocenters. The molecule has 8 heteroatoms. The van der Waals surface area contributed by atoms with Crippen LogP contribution in [0.2, 0.25) is 0 Å². The van der Waals surface area contributed by atoms with Crippen molar-refractivity contribution in [2.75, 3.05) is 69.7 Å². The molecule has 0 spiro atoms. The molecule has 2 aromatic carbocycles. The molecule has 2 N–H and O–H groups in total. The lowest BCUT2D eigenvalue weighted by molar-refractivity contribution is -0.113. The van der Waals surface area contributed by atoms with Gasteiger partial charge in [0.05, 0.1) is 52.0 Å². The predicted octanol–water partition coefficient (Wildman–Crippen LogP) is 9.09. The van der Waals surface area contributed by atoms with Crippen LogP contribution in [0.4, 0.5) is 5.69 Å². The van der Waals surface area contributed by atoms with Crippen molar-refractivity contribution in [2.24, 2.45) is 5.92 Å². The number of thioether (sulfide) groups is 1. The summed E-state index contributed by atoms with van der Waals surface area (Å²) in [6.45, 7) is 20.6. The highest BCUT2D eigenvalue weighted by atomic mass is 32.2. The fourth-order valence-corrected chi connectivity index (χ4v) is 8.24. The summed E-state index contributed by atoms with van der Waals surface area (Å²) in [5.74, 6) is 1.82. The number of aryl methyl sites for hydroxylation is 1. The Morgan fingerprint density at radius 3 is 1.96 bits per heavy atom. The van der Waals surface area contributed by atoms with Crippen LogP contribution in [-0.4, -0.2) is 81.3 Å². The molecule has 2 aromatic rings. The zero-order valence-corrected chi connectivity index (χ0v) is 33.9. The first-order chi connectivity index (χ1) is 24.5. The fourth-order valence-electron chi connectivity index (χ4n) is 7.60. The van der Waals surface area contributed by atoms with Crippen LogP contribution in [0.15, 0.2) is 36.4 Å². The van der Waals surface area contributed by atoms with E-state index in [0.29, 0.717) is 57.9 Å². The maximum absolute atomic E-state index is 12.9. The molecule has 51 heavy (non-hydrogen) atoms. The van der Waals surface area contributed by atoms with Crippen LogP contribution < -0.4 is 10.6 Å². The van der Waals surface area contributed by atoms with Gasteiger partial charge in [-0.05, 0) is 107 Å². The van der Waals surface area contributed by atoms with Gasteiger partial charge in [-0.3, -0.25) is 4.79 Å². The highest BCUT2D eigenvalue weighted by Crippen LogP contribution is 2.36. The topological polar surface area (TPSA) is 78.0 Å². The third-order valence-corrected chi connectivity index (χ3v) is 10.6. The SMILES string of the molecule is CCCCCCCCOCCOCCOCCOCCSCC(=O)Nc1c(C)ccc(Cc2ccccc2CC2CC(C)(C)NC(C)(C)C2)c1C. The standard InChI is InChI=1S/C43H70N2O5S/c1-8-9-10-11-12-15-20-47-21-22-48-23-24-49-25-26-50-27-28-51-33-40(46)44-41-34(2)18-19-37(35(41)3)30-39-17-14-13-16-38(39)29-36-31-42(4,5)45-43(6,7)32-36/h13-14,16-19,36,45H,8-12,15,20-33H2,1-7H3,(H,44,46). The number of rotatable bonds is 26. The van der Waals surface area contributed by atoms with E-state index >= 15 is 0 Å². The molecular formula is C43H70N2O5S. The molecule has 3 rings (SSSR count). The molecule has 1 aliphatic rings. The fraction of sp³-hybridized carbons (Fsp3) is 0.698. The molecule has 0 radical (unpaired) electrons. The van der Waals surface area contributed by atoms with E-state index in [9.17, 15) is 4.79 Å². The Morgan fingerprint density at radius 1 is 0.745 bits per heavy atom. The summed E-state index contributed by atoms with van der Waals surface area (Å²) in [5.41, 5.74) is 7.54. The van der Waals surface area contributed by atoms with E-state index < -0.39 is 0 Å². The van der Waals surface area contributed by atoms with Gasteiger partial charge >= 0.3 is 0 Å². The zero-order valence-electron chi connectivity index (χ0n) is 33.1. The number of benzene rings is 2. The van der Waals surface area contributed by atoms with Crippen molar-refractivity contribution in [1.29, 1.82) is 0 Å². The zero-order chi connectivity index (χ0) is 37.0. The van der Waals surface area contributed by atoms with Crippen LogP contribution in [0, 0.1) is 19.8 Å². The number of hydrogen-bond donors (Lipinski definition) is 2. The van der Waals surface area contributed by atoms with E-state index in [4.69, 9.17) is 18.9 Å². The number of ether oxygens (including phenoxy) is 4. The largest absolute Gasteiger partial charge is 0.379 e. The molecule has 1 saturated heterocycles. The van der Waals surface area contributed by atoms with E-state index in [2.05, 4.69) is 95.5 Å². The van der Waals surface area contributed by atoms with Crippen molar-refractivity contribution in [3.63, 3.8) is 0 Å². The van der Waals surface area contributed by atoms with E-state index in [1.165, 1.54) is 61.6 Å². The number of piperidine rings is 1. The van der Waals surface area contributed by atoms with Crippen molar-refractivity contribution in [3.05, 3.63) is 64.2 Å². The minimum atomic E-state index is 0.0241. The first-order valence-corrected chi connectivity index (χ1v) is 20.8. The average Bonchev–Trinajstić information content (AvgIpc) is 3.06. The van der Waals surface area contributed by atoms with Gasteiger partial charge in [-0.1, -0.05) is 75.4 Å². The molecule has 1 aliphatic heterocycles. The number of unbranched alkanes of at least 4 members (excludes halogenated alkanes) is 5. The molecule has 0 aliphatic carbocycles. The predicted molar refractivity (Wildman–Crippen MR) is 215 cm³/mol. The number of carbonyl (C=O) groups is 1. The second-order valence-corrected chi connectivity index (χ2v) is 16.8. The second kappa shape index (κ2) is 23.7. The Bertz CT molecular complexity index is 1270. The third kappa shape index (κ3) is 17.6. The number of nitrogens with one attached hydrogen (secondary N) is 2. The monoisotopic (exact) mass is 727 g/mol. The summed E-state index contributed by atoms with van der Waals surface area (Å²) >= 11 is 1.59. The maximum atomic E-state index is 12.9. The van der Waals surface area contributed by atoms with Crippen molar-refractivity contribution >= 4 is 23.4 Å². The molecule has 7 nitrogen and oxygen atoms in total. The number of amides is 1. The normalized spacial score (nSPS) is 15.7. The van der Waals surface area contributed by atoms with Gasteiger partial charge in [0.25, 0.3) is 0 Å². The highest BCUT2D eigenvalue weighted by molar-refractivity contribution is 7.99. The van der Waals surface area contributed by atoms with Crippen LogP contribution in [-0.2, 0) is 36.6 Å². The first kappa shape index (κ1) is 43.5. The van der Waals surface area contributed by atoms with Crippen molar-refractivity contribution in [1.82, 2.24) is 5.32 Å². The van der Waals surface area contributed by atoms with Crippen LogP contribution in [0.5, 0.6) is 0 Å². The van der Waals surface area contributed by atoms with Crippen molar-refractivity contribution < 1.29 is 23.7 Å². The number of hydrogen-bond acceptors (Lipinski definition) is 7. The van der Waals surface area contributed by atoms with Gasteiger partial charge in [-0.15, -0.1) is 11.8 Å². The average molecular weight is 727 g/mol.